The van der Waals surface area contributed by atoms with E-state index in [4.69, 9.17) is 25.6 Å². The number of nitrogens with zero attached hydrogens (tertiary/aromatic N) is 2. The standard InChI is InChI=1S/C19H18ClN3O4/c1-25-14-6-3-12(4-7-14)19-22-18(27-23-19)10-9-17(24)21-15-11-13(20)5-8-16(15)26-2/h3-8,11H,9-10H2,1-2H3,(H,21,24). The molecule has 0 unspecified atom stereocenters. The molecule has 0 spiro atoms. The fourth-order valence-corrected chi connectivity index (χ4v) is 2.60. The molecule has 7 nitrogen and oxygen atoms in total. The van der Waals surface area contributed by atoms with E-state index in [1.807, 2.05) is 24.3 Å². The van der Waals surface area contributed by atoms with Gasteiger partial charge in [-0.2, -0.15) is 4.98 Å². The molecule has 0 radical (unpaired) electrons. The first kappa shape index (κ1) is 18.7. The SMILES string of the molecule is COc1ccc(-c2noc(CCC(=O)Nc3cc(Cl)ccc3OC)n2)cc1. The number of benzene rings is 2. The molecule has 3 rings (SSSR count). The Bertz CT molecular complexity index is 925. The van der Waals surface area contributed by atoms with Crippen LogP contribution in [-0.4, -0.2) is 30.3 Å². The van der Waals surface area contributed by atoms with E-state index in [9.17, 15) is 4.79 Å². The number of aromatic nitrogens is 2. The molecule has 1 heterocycles. The summed E-state index contributed by atoms with van der Waals surface area (Å²) >= 11 is 5.96. The van der Waals surface area contributed by atoms with Crippen LogP contribution in [0.15, 0.2) is 47.0 Å². The average molecular weight is 388 g/mol. The van der Waals surface area contributed by atoms with Crippen LogP contribution in [0.4, 0.5) is 5.69 Å². The van der Waals surface area contributed by atoms with Crippen molar-refractivity contribution in [3.63, 3.8) is 0 Å². The van der Waals surface area contributed by atoms with Gasteiger partial charge < -0.3 is 19.3 Å². The van der Waals surface area contributed by atoms with Gasteiger partial charge in [-0.15, -0.1) is 0 Å². The summed E-state index contributed by atoms with van der Waals surface area (Å²) in [6.45, 7) is 0. The van der Waals surface area contributed by atoms with E-state index in [0.717, 1.165) is 11.3 Å². The summed E-state index contributed by atoms with van der Waals surface area (Å²) in [7, 11) is 3.13. The van der Waals surface area contributed by atoms with Crippen molar-refractivity contribution in [1.29, 1.82) is 0 Å². The van der Waals surface area contributed by atoms with Crippen molar-refractivity contribution < 1.29 is 18.8 Å². The Hall–Kier alpha value is -3.06. The number of rotatable bonds is 7. The van der Waals surface area contributed by atoms with Gasteiger partial charge in [0.05, 0.1) is 19.9 Å². The first-order valence-electron chi connectivity index (χ1n) is 8.19. The molecule has 2 aromatic carbocycles. The molecule has 0 aliphatic carbocycles. The fourth-order valence-electron chi connectivity index (χ4n) is 2.42. The molecule has 27 heavy (non-hydrogen) atoms. The third-order valence-corrected chi connectivity index (χ3v) is 4.05. The van der Waals surface area contributed by atoms with E-state index in [-0.39, 0.29) is 12.3 Å². The Morgan fingerprint density at radius 3 is 2.63 bits per heavy atom. The Kier molecular flexibility index (Phi) is 5.93. The minimum atomic E-state index is -0.209. The van der Waals surface area contributed by atoms with Gasteiger partial charge in [-0.1, -0.05) is 16.8 Å². The van der Waals surface area contributed by atoms with Gasteiger partial charge in [-0.05, 0) is 42.5 Å². The molecule has 1 amide bonds. The zero-order valence-electron chi connectivity index (χ0n) is 14.9. The van der Waals surface area contributed by atoms with Crippen molar-refractivity contribution in [2.24, 2.45) is 0 Å². The highest BCUT2D eigenvalue weighted by Crippen LogP contribution is 2.28. The van der Waals surface area contributed by atoms with Gasteiger partial charge in [0, 0.05) is 23.4 Å². The molecular formula is C19H18ClN3O4. The number of carbonyl (C=O) groups is 1. The lowest BCUT2D eigenvalue weighted by molar-refractivity contribution is -0.116. The van der Waals surface area contributed by atoms with Gasteiger partial charge in [-0.25, -0.2) is 0 Å². The number of nitrogens with one attached hydrogen (secondary N) is 1. The first-order valence-corrected chi connectivity index (χ1v) is 8.57. The largest absolute Gasteiger partial charge is 0.497 e. The third kappa shape index (κ3) is 4.77. The molecule has 0 bridgehead atoms. The van der Waals surface area contributed by atoms with E-state index < -0.39 is 0 Å². The van der Waals surface area contributed by atoms with Gasteiger partial charge in [0.15, 0.2) is 0 Å². The van der Waals surface area contributed by atoms with Crippen LogP contribution in [0.1, 0.15) is 12.3 Å². The normalized spacial score (nSPS) is 10.5. The number of hydrogen-bond acceptors (Lipinski definition) is 6. The Balaban J connectivity index is 1.59. The molecule has 0 aliphatic heterocycles. The lowest BCUT2D eigenvalue weighted by Gasteiger charge is -2.10. The van der Waals surface area contributed by atoms with Crippen molar-refractivity contribution >= 4 is 23.2 Å². The average Bonchev–Trinajstić information content (AvgIpc) is 3.16. The smallest absolute Gasteiger partial charge is 0.227 e. The van der Waals surface area contributed by atoms with E-state index in [1.165, 1.54) is 7.11 Å². The maximum atomic E-state index is 12.2. The minimum Gasteiger partial charge on any atom is -0.497 e. The van der Waals surface area contributed by atoms with Crippen LogP contribution in [0.25, 0.3) is 11.4 Å². The number of methoxy groups -OCH3 is 2. The molecule has 8 heteroatoms. The zero-order chi connectivity index (χ0) is 19.2. The van der Waals surface area contributed by atoms with E-state index in [2.05, 4.69) is 15.5 Å². The minimum absolute atomic E-state index is 0.180. The lowest BCUT2D eigenvalue weighted by Crippen LogP contribution is -2.13. The van der Waals surface area contributed by atoms with Crippen LogP contribution in [0, 0.1) is 0 Å². The molecule has 3 aromatic rings. The van der Waals surface area contributed by atoms with Crippen molar-refractivity contribution in [2.45, 2.75) is 12.8 Å². The first-order chi connectivity index (χ1) is 13.1. The number of hydrogen-bond donors (Lipinski definition) is 1. The lowest BCUT2D eigenvalue weighted by atomic mass is 10.2. The molecular weight excluding hydrogens is 370 g/mol. The van der Waals surface area contributed by atoms with Gasteiger partial charge in [0.2, 0.25) is 17.6 Å². The predicted molar refractivity (Wildman–Crippen MR) is 101 cm³/mol. The monoisotopic (exact) mass is 387 g/mol. The molecule has 1 aromatic heterocycles. The van der Waals surface area contributed by atoms with Crippen molar-refractivity contribution in [3.05, 3.63) is 53.4 Å². The molecule has 1 N–H and O–H groups in total. The molecule has 0 aliphatic rings. The summed E-state index contributed by atoms with van der Waals surface area (Å²) in [5.41, 5.74) is 1.32. The topological polar surface area (TPSA) is 86.5 Å². The van der Waals surface area contributed by atoms with Crippen molar-refractivity contribution in [1.82, 2.24) is 10.1 Å². The molecule has 0 fully saturated rings. The van der Waals surface area contributed by atoms with Crippen LogP contribution in [0.5, 0.6) is 11.5 Å². The number of anilines is 1. The molecule has 140 valence electrons. The predicted octanol–water partition coefficient (Wildman–Crippen LogP) is 3.98. The fraction of sp³-hybridized carbons (Fsp3) is 0.211. The Labute approximate surface area is 161 Å². The number of carbonyl (C=O) groups excluding carboxylic acids is 1. The summed E-state index contributed by atoms with van der Waals surface area (Å²) in [6.07, 6.45) is 0.498. The second-order valence-electron chi connectivity index (χ2n) is 5.63. The third-order valence-electron chi connectivity index (χ3n) is 3.82. The van der Waals surface area contributed by atoms with Crippen LogP contribution >= 0.6 is 11.6 Å². The summed E-state index contributed by atoms with van der Waals surface area (Å²) in [5.74, 6) is 1.92. The number of amides is 1. The van der Waals surface area contributed by atoms with Crippen LogP contribution in [0.2, 0.25) is 5.02 Å². The van der Waals surface area contributed by atoms with Crippen LogP contribution < -0.4 is 14.8 Å². The van der Waals surface area contributed by atoms with Crippen molar-refractivity contribution in [2.75, 3.05) is 19.5 Å². The highest BCUT2D eigenvalue weighted by atomic mass is 35.5. The molecule has 0 saturated carbocycles. The summed E-state index contributed by atoms with van der Waals surface area (Å²) < 4.78 is 15.6. The van der Waals surface area contributed by atoms with Crippen LogP contribution in [-0.2, 0) is 11.2 Å². The number of aryl methyl sites for hydroxylation is 1. The number of ether oxygens (including phenoxy) is 2. The molecule has 0 saturated heterocycles. The molecule has 0 atom stereocenters. The Morgan fingerprint density at radius 2 is 1.93 bits per heavy atom. The van der Waals surface area contributed by atoms with E-state index in [0.29, 0.717) is 34.6 Å². The van der Waals surface area contributed by atoms with Gasteiger partial charge in [-0.3, -0.25) is 4.79 Å². The van der Waals surface area contributed by atoms with Gasteiger partial charge in [0.1, 0.15) is 11.5 Å². The summed E-state index contributed by atoms with van der Waals surface area (Å²) in [4.78, 5) is 16.5. The second kappa shape index (κ2) is 8.55. The van der Waals surface area contributed by atoms with Crippen LogP contribution in [0.3, 0.4) is 0 Å². The van der Waals surface area contributed by atoms with E-state index in [1.54, 1.807) is 25.3 Å². The highest BCUT2D eigenvalue weighted by molar-refractivity contribution is 6.31. The maximum Gasteiger partial charge on any atom is 0.227 e. The highest BCUT2D eigenvalue weighted by Gasteiger charge is 2.13. The Morgan fingerprint density at radius 1 is 1.15 bits per heavy atom. The summed E-state index contributed by atoms with van der Waals surface area (Å²) in [5, 5.41) is 7.22. The van der Waals surface area contributed by atoms with Crippen molar-refractivity contribution in [3.8, 4) is 22.9 Å². The maximum absolute atomic E-state index is 12.2. The quantitative estimate of drug-likeness (QED) is 0.659. The summed E-state index contributed by atoms with van der Waals surface area (Å²) in [6, 6.07) is 12.3. The van der Waals surface area contributed by atoms with Gasteiger partial charge in [0.25, 0.3) is 0 Å². The zero-order valence-corrected chi connectivity index (χ0v) is 15.6. The van der Waals surface area contributed by atoms with E-state index >= 15 is 0 Å². The van der Waals surface area contributed by atoms with Gasteiger partial charge >= 0.3 is 0 Å². The second-order valence-corrected chi connectivity index (χ2v) is 6.07. The number of halogens is 1.